The minimum atomic E-state index is 0.782. The summed E-state index contributed by atoms with van der Waals surface area (Å²) < 4.78 is 4.77. The van der Waals surface area contributed by atoms with Gasteiger partial charge in [0.25, 0.3) is 0 Å². The first-order valence-electron chi connectivity index (χ1n) is 2.38. The van der Waals surface area contributed by atoms with Gasteiger partial charge in [-0.1, -0.05) is 5.16 Å². The summed E-state index contributed by atoms with van der Waals surface area (Å²) in [7, 11) is 3.81. The van der Waals surface area contributed by atoms with Crippen LogP contribution in [0.3, 0.4) is 0 Å². The second kappa shape index (κ2) is 1.86. The Morgan fingerprint density at radius 2 is 2.38 bits per heavy atom. The SMILES string of the molecule is CN(C)c1ccno1. The molecule has 0 spiro atoms. The first-order valence-corrected chi connectivity index (χ1v) is 2.38. The number of hydrogen-bond donors (Lipinski definition) is 0. The summed E-state index contributed by atoms with van der Waals surface area (Å²) >= 11 is 0. The van der Waals surface area contributed by atoms with E-state index in [1.807, 2.05) is 19.0 Å². The zero-order valence-corrected chi connectivity index (χ0v) is 4.96. The van der Waals surface area contributed by atoms with Gasteiger partial charge >= 0.3 is 0 Å². The highest BCUT2D eigenvalue weighted by Crippen LogP contribution is 2.05. The van der Waals surface area contributed by atoms with Crippen molar-refractivity contribution in [3.05, 3.63) is 12.3 Å². The minimum Gasteiger partial charge on any atom is -0.347 e. The fourth-order valence-electron chi connectivity index (χ4n) is 0.440. The van der Waals surface area contributed by atoms with Crippen molar-refractivity contribution in [3.8, 4) is 0 Å². The van der Waals surface area contributed by atoms with Gasteiger partial charge in [-0.05, 0) is 0 Å². The molecule has 0 aliphatic heterocycles. The quantitative estimate of drug-likeness (QED) is 0.536. The molecule has 0 bridgehead atoms. The largest absolute Gasteiger partial charge is 0.347 e. The maximum absolute atomic E-state index is 4.77. The molecule has 8 heavy (non-hydrogen) atoms. The molecule has 0 aromatic carbocycles. The Morgan fingerprint density at radius 3 is 2.62 bits per heavy atom. The molecular weight excluding hydrogens is 104 g/mol. The Morgan fingerprint density at radius 1 is 1.62 bits per heavy atom. The van der Waals surface area contributed by atoms with Gasteiger partial charge < -0.3 is 9.42 Å². The van der Waals surface area contributed by atoms with E-state index < -0.39 is 0 Å². The molecule has 3 nitrogen and oxygen atoms in total. The van der Waals surface area contributed by atoms with Crippen LogP contribution in [0.2, 0.25) is 0 Å². The van der Waals surface area contributed by atoms with E-state index >= 15 is 0 Å². The molecule has 0 aliphatic carbocycles. The molecular formula is C5H8N2O. The van der Waals surface area contributed by atoms with Crippen LogP contribution in [-0.4, -0.2) is 19.3 Å². The van der Waals surface area contributed by atoms with E-state index in [1.54, 1.807) is 12.3 Å². The summed E-state index contributed by atoms with van der Waals surface area (Å²) in [6, 6.07) is 1.81. The summed E-state index contributed by atoms with van der Waals surface area (Å²) in [5.74, 6) is 0.782. The molecule has 1 aromatic heterocycles. The van der Waals surface area contributed by atoms with Crippen molar-refractivity contribution >= 4 is 5.88 Å². The monoisotopic (exact) mass is 112 g/mol. The molecule has 1 heterocycles. The third kappa shape index (κ3) is 0.804. The van der Waals surface area contributed by atoms with Crippen molar-refractivity contribution in [1.82, 2.24) is 5.16 Å². The molecule has 0 atom stereocenters. The van der Waals surface area contributed by atoms with E-state index in [1.165, 1.54) is 0 Å². The first kappa shape index (κ1) is 5.15. The first-order chi connectivity index (χ1) is 3.80. The molecule has 0 fully saturated rings. The summed E-state index contributed by atoms with van der Waals surface area (Å²) in [5.41, 5.74) is 0. The van der Waals surface area contributed by atoms with Crippen LogP contribution in [-0.2, 0) is 0 Å². The van der Waals surface area contributed by atoms with Gasteiger partial charge in [0.05, 0.1) is 6.20 Å². The van der Waals surface area contributed by atoms with E-state index in [4.69, 9.17) is 4.52 Å². The standard InChI is InChI=1S/C5H8N2O/c1-7(2)5-3-4-6-8-5/h3-4H,1-2H3. The van der Waals surface area contributed by atoms with E-state index in [0.29, 0.717) is 0 Å². The van der Waals surface area contributed by atoms with Gasteiger partial charge in [0, 0.05) is 20.2 Å². The van der Waals surface area contributed by atoms with E-state index in [9.17, 15) is 0 Å². The van der Waals surface area contributed by atoms with Crippen LogP contribution in [0, 0.1) is 0 Å². The van der Waals surface area contributed by atoms with Crippen LogP contribution in [0.5, 0.6) is 0 Å². The third-order valence-corrected chi connectivity index (χ3v) is 0.865. The highest BCUT2D eigenvalue weighted by atomic mass is 16.5. The lowest BCUT2D eigenvalue weighted by Gasteiger charge is -2.03. The van der Waals surface area contributed by atoms with E-state index in [-0.39, 0.29) is 0 Å². The van der Waals surface area contributed by atoms with Gasteiger partial charge in [-0.3, -0.25) is 0 Å². The molecule has 0 amide bonds. The van der Waals surface area contributed by atoms with Crippen molar-refractivity contribution in [2.24, 2.45) is 0 Å². The lowest BCUT2D eigenvalue weighted by Crippen LogP contribution is -2.06. The van der Waals surface area contributed by atoms with Crippen LogP contribution in [0.15, 0.2) is 16.8 Å². The Labute approximate surface area is 47.9 Å². The van der Waals surface area contributed by atoms with E-state index in [2.05, 4.69) is 5.16 Å². The van der Waals surface area contributed by atoms with Crippen LogP contribution < -0.4 is 4.90 Å². The molecule has 0 unspecified atom stereocenters. The molecule has 0 saturated heterocycles. The maximum Gasteiger partial charge on any atom is 0.226 e. The van der Waals surface area contributed by atoms with Gasteiger partial charge in [-0.2, -0.15) is 0 Å². The normalized spacial score (nSPS) is 9.25. The van der Waals surface area contributed by atoms with Gasteiger partial charge in [0.1, 0.15) is 0 Å². The fraction of sp³-hybridized carbons (Fsp3) is 0.400. The predicted molar refractivity (Wildman–Crippen MR) is 30.8 cm³/mol. The zero-order valence-electron chi connectivity index (χ0n) is 4.96. The molecule has 1 aromatic rings. The summed E-state index contributed by atoms with van der Waals surface area (Å²) in [6.07, 6.45) is 1.62. The van der Waals surface area contributed by atoms with Gasteiger partial charge in [0.2, 0.25) is 5.88 Å². The zero-order chi connectivity index (χ0) is 5.98. The predicted octanol–water partition coefficient (Wildman–Crippen LogP) is 0.741. The average Bonchev–Trinajstić information content (AvgIpc) is 2.12. The summed E-state index contributed by atoms with van der Waals surface area (Å²) in [5, 5.41) is 3.53. The molecule has 0 saturated carbocycles. The molecule has 3 heteroatoms. The lowest BCUT2D eigenvalue weighted by atomic mass is 10.6. The highest BCUT2D eigenvalue weighted by molar-refractivity contribution is 5.29. The van der Waals surface area contributed by atoms with E-state index in [0.717, 1.165) is 5.88 Å². The Balaban J connectivity index is 2.77. The third-order valence-electron chi connectivity index (χ3n) is 0.865. The molecule has 0 radical (unpaired) electrons. The number of rotatable bonds is 1. The van der Waals surface area contributed by atoms with Crippen molar-refractivity contribution in [1.29, 1.82) is 0 Å². The van der Waals surface area contributed by atoms with Gasteiger partial charge in [-0.25, -0.2) is 0 Å². The van der Waals surface area contributed by atoms with Crippen molar-refractivity contribution in [3.63, 3.8) is 0 Å². The van der Waals surface area contributed by atoms with Crippen LogP contribution in [0.4, 0.5) is 5.88 Å². The molecule has 0 aliphatic rings. The second-order valence-electron chi connectivity index (χ2n) is 1.75. The van der Waals surface area contributed by atoms with Crippen LogP contribution >= 0.6 is 0 Å². The van der Waals surface area contributed by atoms with Gasteiger partial charge in [0.15, 0.2) is 0 Å². The summed E-state index contributed by atoms with van der Waals surface area (Å²) in [6.45, 7) is 0. The number of nitrogens with zero attached hydrogens (tertiary/aromatic N) is 2. The minimum absolute atomic E-state index is 0.782. The van der Waals surface area contributed by atoms with Crippen LogP contribution in [0.1, 0.15) is 0 Å². The maximum atomic E-state index is 4.77. The number of aromatic nitrogens is 1. The van der Waals surface area contributed by atoms with Crippen molar-refractivity contribution in [2.45, 2.75) is 0 Å². The fourth-order valence-corrected chi connectivity index (χ4v) is 0.440. The second-order valence-corrected chi connectivity index (χ2v) is 1.75. The Kier molecular flexibility index (Phi) is 1.20. The van der Waals surface area contributed by atoms with Crippen LogP contribution in [0.25, 0.3) is 0 Å². The number of anilines is 1. The number of hydrogen-bond acceptors (Lipinski definition) is 3. The Hall–Kier alpha value is -0.990. The molecule has 44 valence electrons. The average molecular weight is 112 g/mol. The van der Waals surface area contributed by atoms with Crippen molar-refractivity contribution in [2.75, 3.05) is 19.0 Å². The topological polar surface area (TPSA) is 29.3 Å². The Bertz CT molecular complexity index is 145. The lowest BCUT2D eigenvalue weighted by molar-refractivity contribution is 0.424. The summed E-state index contributed by atoms with van der Waals surface area (Å²) in [4.78, 5) is 1.85. The smallest absolute Gasteiger partial charge is 0.226 e. The molecule has 0 N–H and O–H groups in total. The highest BCUT2D eigenvalue weighted by Gasteiger charge is 1.94. The molecule has 1 rings (SSSR count). The van der Waals surface area contributed by atoms with Gasteiger partial charge in [-0.15, -0.1) is 0 Å². The van der Waals surface area contributed by atoms with Crippen molar-refractivity contribution < 1.29 is 4.52 Å².